The third-order valence-electron chi connectivity index (χ3n) is 5.79. The molecular weight excluding hydrogens is 415 g/mol. The molecule has 1 aliphatic heterocycles. The lowest BCUT2D eigenvalue weighted by molar-refractivity contribution is 0.0732. The minimum atomic E-state index is 0. The summed E-state index contributed by atoms with van der Waals surface area (Å²) in [6.45, 7) is 5.41. The maximum atomic E-state index is 5.27. The van der Waals surface area contributed by atoms with Gasteiger partial charge in [-0.2, -0.15) is 0 Å². The zero-order valence-corrected chi connectivity index (χ0v) is 18.1. The zero-order valence-electron chi connectivity index (χ0n) is 15.8. The van der Waals surface area contributed by atoms with E-state index in [0.29, 0.717) is 5.41 Å². The Hall–Kier alpha value is -0.0800. The summed E-state index contributed by atoms with van der Waals surface area (Å²) in [6.07, 6.45) is 9.07. The van der Waals surface area contributed by atoms with Gasteiger partial charge in [0, 0.05) is 33.9 Å². The molecule has 5 nitrogen and oxygen atoms in total. The van der Waals surface area contributed by atoms with Crippen molar-refractivity contribution in [3.05, 3.63) is 0 Å². The SMILES string of the molecule is CN=C(NCCC1CCN(C)CC1)NCC1(CCOC)CCC1.I. The Kier molecular flexibility index (Phi) is 10.5. The highest BCUT2D eigenvalue weighted by molar-refractivity contribution is 14.0. The monoisotopic (exact) mass is 452 g/mol. The molecule has 0 bridgehead atoms. The predicted octanol–water partition coefficient (Wildman–Crippen LogP) is 2.71. The van der Waals surface area contributed by atoms with E-state index in [-0.39, 0.29) is 24.0 Å². The number of ether oxygens (including phenoxy) is 1. The normalized spacial score (nSPS) is 21.7. The second-order valence-corrected chi connectivity index (χ2v) is 7.48. The van der Waals surface area contributed by atoms with Gasteiger partial charge in [-0.25, -0.2) is 0 Å². The Morgan fingerprint density at radius 1 is 1.25 bits per heavy atom. The Balaban J connectivity index is 0.00000288. The van der Waals surface area contributed by atoms with Crippen molar-refractivity contribution in [1.29, 1.82) is 0 Å². The van der Waals surface area contributed by atoms with Crippen molar-refractivity contribution in [2.45, 2.75) is 44.9 Å². The second-order valence-electron chi connectivity index (χ2n) is 7.48. The summed E-state index contributed by atoms with van der Waals surface area (Å²) in [6, 6.07) is 0. The lowest BCUT2D eigenvalue weighted by Gasteiger charge is -2.42. The van der Waals surface area contributed by atoms with Crippen molar-refractivity contribution >= 4 is 29.9 Å². The fourth-order valence-electron chi connectivity index (χ4n) is 3.75. The van der Waals surface area contributed by atoms with Gasteiger partial charge in [0.15, 0.2) is 5.96 Å². The molecule has 1 saturated heterocycles. The molecule has 0 spiro atoms. The smallest absolute Gasteiger partial charge is 0.190 e. The molecule has 2 N–H and O–H groups in total. The third kappa shape index (κ3) is 7.04. The summed E-state index contributed by atoms with van der Waals surface area (Å²) >= 11 is 0. The van der Waals surface area contributed by atoms with Gasteiger partial charge >= 0.3 is 0 Å². The molecule has 0 unspecified atom stereocenters. The molecule has 142 valence electrons. The molecule has 1 heterocycles. The van der Waals surface area contributed by atoms with Crippen LogP contribution in [0, 0.1) is 11.3 Å². The molecule has 0 aromatic carbocycles. The van der Waals surface area contributed by atoms with Gasteiger partial charge in [0.25, 0.3) is 0 Å². The number of piperidine rings is 1. The van der Waals surface area contributed by atoms with Gasteiger partial charge < -0.3 is 20.3 Å². The number of methoxy groups -OCH3 is 1. The van der Waals surface area contributed by atoms with Crippen LogP contribution in [-0.2, 0) is 4.74 Å². The van der Waals surface area contributed by atoms with E-state index in [0.717, 1.165) is 38.0 Å². The molecule has 1 saturated carbocycles. The molecule has 2 aliphatic rings. The minimum Gasteiger partial charge on any atom is -0.385 e. The highest BCUT2D eigenvalue weighted by Crippen LogP contribution is 2.43. The fraction of sp³-hybridized carbons (Fsp3) is 0.944. The molecule has 0 aromatic rings. The third-order valence-corrected chi connectivity index (χ3v) is 5.79. The molecule has 0 amide bonds. The van der Waals surface area contributed by atoms with Gasteiger partial charge in [0.05, 0.1) is 0 Å². The maximum Gasteiger partial charge on any atom is 0.190 e. The van der Waals surface area contributed by atoms with E-state index in [4.69, 9.17) is 4.74 Å². The van der Waals surface area contributed by atoms with Crippen molar-refractivity contribution in [3.8, 4) is 0 Å². The second kappa shape index (κ2) is 11.5. The Morgan fingerprint density at radius 2 is 1.96 bits per heavy atom. The van der Waals surface area contributed by atoms with E-state index in [1.165, 1.54) is 51.6 Å². The van der Waals surface area contributed by atoms with Crippen molar-refractivity contribution in [2.75, 3.05) is 54.0 Å². The number of likely N-dealkylation sites (tertiary alicyclic amines) is 1. The zero-order chi connectivity index (χ0) is 16.5. The largest absolute Gasteiger partial charge is 0.385 e. The minimum absolute atomic E-state index is 0. The van der Waals surface area contributed by atoms with E-state index in [2.05, 4.69) is 27.6 Å². The lowest BCUT2D eigenvalue weighted by atomic mass is 9.67. The van der Waals surface area contributed by atoms with E-state index in [9.17, 15) is 0 Å². The Morgan fingerprint density at radius 3 is 2.50 bits per heavy atom. The molecule has 6 heteroatoms. The maximum absolute atomic E-state index is 5.27. The highest BCUT2D eigenvalue weighted by Gasteiger charge is 2.36. The van der Waals surface area contributed by atoms with Crippen LogP contribution in [0.5, 0.6) is 0 Å². The van der Waals surface area contributed by atoms with Gasteiger partial charge in [-0.3, -0.25) is 4.99 Å². The summed E-state index contributed by atoms with van der Waals surface area (Å²) in [4.78, 5) is 6.81. The summed E-state index contributed by atoms with van der Waals surface area (Å²) in [5.41, 5.74) is 0.432. The Bertz CT molecular complexity index is 366. The number of hydrogen-bond donors (Lipinski definition) is 2. The van der Waals surface area contributed by atoms with Crippen LogP contribution in [0.2, 0.25) is 0 Å². The first-order valence-electron chi connectivity index (χ1n) is 9.29. The van der Waals surface area contributed by atoms with Crippen molar-refractivity contribution in [1.82, 2.24) is 15.5 Å². The number of rotatable bonds is 8. The van der Waals surface area contributed by atoms with Crippen LogP contribution in [0.3, 0.4) is 0 Å². The molecule has 24 heavy (non-hydrogen) atoms. The number of nitrogens with one attached hydrogen (secondary N) is 2. The average molecular weight is 452 g/mol. The first-order valence-corrected chi connectivity index (χ1v) is 9.29. The average Bonchev–Trinajstić information content (AvgIpc) is 2.53. The van der Waals surface area contributed by atoms with Crippen LogP contribution in [0.4, 0.5) is 0 Å². The topological polar surface area (TPSA) is 48.9 Å². The highest BCUT2D eigenvalue weighted by atomic mass is 127. The van der Waals surface area contributed by atoms with E-state index >= 15 is 0 Å². The molecule has 0 radical (unpaired) electrons. The van der Waals surface area contributed by atoms with Gasteiger partial charge in [-0.1, -0.05) is 6.42 Å². The fourth-order valence-corrected chi connectivity index (χ4v) is 3.75. The van der Waals surface area contributed by atoms with Gasteiger partial charge in [-0.15, -0.1) is 24.0 Å². The summed E-state index contributed by atoms with van der Waals surface area (Å²) in [7, 11) is 5.89. The number of nitrogens with zero attached hydrogens (tertiary/aromatic N) is 2. The van der Waals surface area contributed by atoms with E-state index < -0.39 is 0 Å². The standard InChI is InChI=1S/C18H36N4O.HI/c1-19-17(20-11-5-16-6-12-22(2)13-7-16)21-15-18(8-4-9-18)10-14-23-3;/h16H,4-15H2,1-3H3,(H2,19,20,21);1H. The van der Waals surface area contributed by atoms with Gasteiger partial charge in [0.2, 0.25) is 0 Å². The number of guanidine groups is 1. The van der Waals surface area contributed by atoms with Gasteiger partial charge in [-0.05, 0) is 70.0 Å². The predicted molar refractivity (Wildman–Crippen MR) is 112 cm³/mol. The molecule has 2 fully saturated rings. The van der Waals surface area contributed by atoms with Crippen LogP contribution in [0.1, 0.15) is 44.9 Å². The number of aliphatic imine (C=N–C) groups is 1. The van der Waals surface area contributed by atoms with Crippen LogP contribution in [0.15, 0.2) is 4.99 Å². The molecule has 0 atom stereocenters. The number of hydrogen-bond acceptors (Lipinski definition) is 3. The first kappa shape index (κ1) is 22.0. The molecule has 1 aliphatic carbocycles. The quantitative estimate of drug-likeness (QED) is 0.338. The van der Waals surface area contributed by atoms with Crippen LogP contribution in [-0.4, -0.2) is 64.9 Å². The van der Waals surface area contributed by atoms with Crippen molar-refractivity contribution in [2.24, 2.45) is 16.3 Å². The van der Waals surface area contributed by atoms with Crippen molar-refractivity contribution < 1.29 is 4.74 Å². The summed E-state index contributed by atoms with van der Waals surface area (Å²) in [5.74, 6) is 1.83. The van der Waals surface area contributed by atoms with E-state index in [1.807, 2.05) is 7.05 Å². The number of halogens is 1. The molecular formula is C18H37IN4O. The molecule has 2 rings (SSSR count). The lowest BCUT2D eigenvalue weighted by Crippen LogP contribution is -2.47. The van der Waals surface area contributed by atoms with Crippen LogP contribution in [0.25, 0.3) is 0 Å². The van der Waals surface area contributed by atoms with E-state index in [1.54, 1.807) is 7.11 Å². The van der Waals surface area contributed by atoms with Crippen LogP contribution < -0.4 is 10.6 Å². The van der Waals surface area contributed by atoms with Crippen LogP contribution >= 0.6 is 24.0 Å². The van der Waals surface area contributed by atoms with Crippen molar-refractivity contribution in [3.63, 3.8) is 0 Å². The summed E-state index contributed by atoms with van der Waals surface area (Å²) < 4.78 is 5.27. The summed E-state index contributed by atoms with van der Waals surface area (Å²) in [5, 5.41) is 7.04. The Labute approximate surface area is 165 Å². The van der Waals surface area contributed by atoms with Gasteiger partial charge in [0.1, 0.15) is 0 Å². The first-order chi connectivity index (χ1) is 11.2. The molecule has 0 aromatic heterocycles.